The maximum Gasteiger partial charge on any atom is 0.329 e. The lowest BCUT2D eigenvalue weighted by molar-refractivity contribution is -0.142. The molecule has 0 spiro atoms. The summed E-state index contributed by atoms with van der Waals surface area (Å²) in [6, 6.07) is -0.307. The number of likely N-dealkylation sites (N-methyl/N-ethyl adjacent to an activating group) is 1. The Kier molecular flexibility index (Phi) is 7.30. The third kappa shape index (κ3) is 8.77. The second-order valence-electron chi connectivity index (χ2n) is 4.50. The number of carboxylic acids is 1. The van der Waals surface area contributed by atoms with E-state index >= 15 is 0 Å². The van der Waals surface area contributed by atoms with Crippen molar-refractivity contribution < 1.29 is 24.5 Å². The van der Waals surface area contributed by atoms with Crippen LogP contribution in [0, 0.1) is 0 Å². The normalized spacial score (nSPS) is 11.1. The highest BCUT2D eigenvalue weighted by atomic mass is 16.5. The summed E-state index contributed by atoms with van der Waals surface area (Å²) in [4.78, 5) is 23.3. The zero-order valence-electron chi connectivity index (χ0n) is 11.1. The fraction of sp³-hybridized carbons (Fsp3) is 0.818. The molecule has 0 aromatic heterocycles. The third-order valence-corrected chi connectivity index (χ3v) is 1.99. The van der Waals surface area contributed by atoms with E-state index in [1.165, 1.54) is 4.90 Å². The minimum absolute atomic E-state index is 0.137. The van der Waals surface area contributed by atoms with Crippen LogP contribution < -0.4 is 5.32 Å². The summed E-state index contributed by atoms with van der Waals surface area (Å²) in [5.41, 5.74) is -0.951. The molecule has 0 bridgehead atoms. The average Bonchev–Trinajstić information content (AvgIpc) is 2.23. The zero-order chi connectivity index (χ0) is 14.2. The van der Waals surface area contributed by atoms with Gasteiger partial charge in [-0.25, -0.2) is 9.59 Å². The molecule has 7 heteroatoms. The van der Waals surface area contributed by atoms with E-state index in [4.69, 9.17) is 9.84 Å². The quantitative estimate of drug-likeness (QED) is 0.530. The van der Waals surface area contributed by atoms with Crippen LogP contribution in [0.15, 0.2) is 0 Å². The number of carbonyl (C=O) groups is 2. The van der Waals surface area contributed by atoms with Crippen LogP contribution in [0.1, 0.15) is 20.8 Å². The summed E-state index contributed by atoms with van der Waals surface area (Å²) in [5.74, 6) is -1.04. The predicted octanol–water partition coefficient (Wildman–Crippen LogP) is -0.110. The largest absolute Gasteiger partial charge is 0.480 e. The average molecular weight is 262 g/mol. The van der Waals surface area contributed by atoms with Crippen LogP contribution in [0.25, 0.3) is 0 Å². The number of aliphatic carboxylic acids is 1. The number of rotatable bonds is 8. The van der Waals surface area contributed by atoms with Crippen molar-refractivity contribution in [3.8, 4) is 0 Å². The smallest absolute Gasteiger partial charge is 0.329 e. The molecule has 2 amide bonds. The topological polar surface area (TPSA) is 99.1 Å². The van der Waals surface area contributed by atoms with Gasteiger partial charge in [-0.3, -0.25) is 0 Å². The molecule has 0 saturated carbocycles. The monoisotopic (exact) mass is 262 g/mol. The SMILES string of the molecule is CCN(CC(C)(C)O)C(=O)NCCOCC(=O)O. The van der Waals surface area contributed by atoms with Crippen LogP contribution in [0.4, 0.5) is 4.79 Å². The lowest BCUT2D eigenvalue weighted by atomic mass is 10.1. The highest BCUT2D eigenvalue weighted by molar-refractivity contribution is 5.74. The molecule has 0 rings (SSSR count). The van der Waals surface area contributed by atoms with Gasteiger partial charge in [0.05, 0.1) is 18.8 Å². The maximum absolute atomic E-state index is 11.7. The van der Waals surface area contributed by atoms with E-state index < -0.39 is 11.6 Å². The fourth-order valence-corrected chi connectivity index (χ4v) is 1.30. The number of aliphatic hydroxyl groups is 1. The molecule has 0 fully saturated rings. The number of ether oxygens (including phenoxy) is 1. The molecule has 0 heterocycles. The van der Waals surface area contributed by atoms with Crippen molar-refractivity contribution in [1.29, 1.82) is 0 Å². The predicted molar refractivity (Wildman–Crippen MR) is 65.4 cm³/mol. The second kappa shape index (κ2) is 7.88. The minimum Gasteiger partial charge on any atom is -0.480 e. The molecule has 0 unspecified atom stereocenters. The van der Waals surface area contributed by atoms with Gasteiger partial charge in [-0.15, -0.1) is 0 Å². The van der Waals surface area contributed by atoms with E-state index in [9.17, 15) is 14.7 Å². The van der Waals surface area contributed by atoms with Gasteiger partial charge in [0.2, 0.25) is 0 Å². The molecule has 3 N–H and O–H groups in total. The minimum atomic E-state index is -1.04. The molecule has 0 atom stereocenters. The highest BCUT2D eigenvalue weighted by Crippen LogP contribution is 2.04. The number of hydrogen-bond donors (Lipinski definition) is 3. The van der Waals surface area contributed by atoms with Crippen molar-refractivity contribution in [2.75, 3.05) is 32.8 Å². The van der Waals surface area contributed by atoms with Gasteiger partial charge in [0, 0.05) is 13.1 Å². The number of carbonyl (C=O) groups excluding carboxylic acids is 1. The molecule has 0 aromatic carbocycles. The molecule has 7 nitrogen and oxygen atoms in total. The van der Waals surface area contributed by atoms with E-state index in [2.05, 4.69) is 5.32 Å². The molecular weight excluding hydrogens is 240 g/mol. The summed E-state index contributed by atoms with van der Waals surface area (Å²) in [6.07, 6.45) is 0. The first-order valence-electron chi connectivity index (χ1n) is 5.81. The van der Waals surface area contributed by atoms with Gasteiger partial charge >= 0.3 is 12.0 Å². The lowest BCUT2D eigenvalue weighted by Gasteiger charge is -2.28. The van der Waals surface area contributed by atoms with E-state index in [1.807, 2.05) is 6.92 Å². The molecule has 0 aromatic rings. The number of nitrogens with zero attached hydrogens (tertiary/aromatic N) is 1. The maximum atomic E-state index is 11.7. The number of amides is 2. The van der Waals surface area contributed by atoms with E-state index in [0.29, 0.717) is 6.54 Å². The summed E-state index contributed by atoms with van der Waals surface area (Å²) in [6.45, 7) is 5.75. The van der Waals surface area contributed by atoms with Crippen molar-refractivity contribution in [1.82, 2.24) is 10.2 Å². The Labute approximate surface area is 107 Å². The molecular formula is C11H22N2O5. The van der Waals surface area contributed by atoms with Crippen LogP contribution >= 0.6 is 0 Å². The van der Waals surface area contributed by atoms with Crippen LogP contribution in [-0.2, 0) is 9.53 Å². The van der Waals surface area contributed by atoms with Gasteiger partial charge in [0.25, 0.3) is 0 Å². The second-order valence-corrected chi connectivity index (χ2v) is 4.50. The van der Waals surface area contributed by atoms with Crippen molar-refractivity contribution in [3.05, 3.63) is 0 Å². The van der Waals surface area contributed by atoms with E-state index in [0.717, 1.165) is 0 Å². The van der Waals surface area contributed by atoms with Crippen LogP contribution in [0.5, 0.6) is 0 Å². The Morgan fingerprint density at radius 2 is 2.00 bits per heavy atom. The Hall–Kier alpha value is -1.34. The number of hydrogen-bond acceptors (Lipinski definition) is 4. The summed E-state index contributed by atoms with van der Waals surface area (Å²) in [7, 11) is 0. The number of nitrogens with one attached hydrogen (secondary N) is 1. The van der Waals surface area contributed by atoms with E-state index in [-0.39, 0.29) is 32.3 Å². The Morgan fingerprint density at radius 3 is 2.44 bits per heavy atom. The molecule has 106 valence electrons. The molecule has 0 aliphatic heterocycles. The lowest BCUT2D eigenvalue weighted by Crippen LogP contribution is -2.47. The molecule has 0 radical (unpaired) electrons. The van der Waals surface area contributed by atoms with Crippen molar-refractivity contribution in [3.63, 3.8) is 0 Å². The van der Waals surface area contributed by atoms with Crippen molar-refractivity contribution in [2.45, 2.75) is 26.4 Å². The summed E-state index contributed by atoms with van der Waals surface area (Å²) >= 11 is 0. The Morgan fingerprint density at radius 1 is 1.39 bits per heavy atom. The first-order chi connectivity index (χ1) is 8.26. The Balaban J connectivity index is 3.88. The van der Waals surface area contributed by atoms with Crippen molar-refractivity contribution >= 4 is 12.0 Å². The molecule has 0 saturated heterocycles. The number of urea groups is 1. The van der Waals surface area contributed by atoms with Gasteiger partial charge in [0.1, 0.15) is 6.61 Å². The third-order valence-electron chi connectivity index (χ3n) is 1.99. The fourth-order valence-electron chi connectivity index (χ4n) is 1.30. The first-order valence-corrected chi connectivity index (χ1v) is 5.81. The van der Waals surface area contributed by atoms with Gasteiger partial charge in [0.15, 0.2) is 0 Å². The molecule has 18 heavy (non-hydrogen) atoms. The summed E-state index contributed by atoms with van der Waals surface area (Å²) in [5, 5.41) is 20.5. The van der Waals surface area contributed by atoms with Gasteiger partial charge in [-0.05, 0) is 20.8 Å². The van der Waals surface area contributed by atoms with Crippen molar-refractivity contribution in [2.24, 2.45) is 0 Å². The van der Waals surface area contributed by atoms with Gasteiger partial charge in [-0.2, -0.15) is 0 Å². The van der Waals surface area contributed by atoms with Crippen LogP contribution in [-0.4, -0.2) is 65.6 Å². The summed E-state index contributed by atoms with van der Waals surface area (Å²) < 4.78 is 4.78. The van der Waals surface area contributed by atoms with Gasteiger partial charge in [-0.1, -0.05) is 0 Å². The molecule has 0 aliphatic rings. The van der Waals surface area contributed by atoms with Gasteiger partial charge < -0.3 is 25.2 Å². The van der Waals surface area contributed by atoms with E-state index in [1.54, 1.807) is 13.8 Å². The van der Waals surface area contributed by atoms with Crippen LogP contribution in [0.3, 0.4) is 0 Å². The standard InChI is InChI=1S/C11H22N2O5/c1-4-13(8-11(2,3)17)10(16)12-5-6-18-7-9(14)15/h17H,4-8H2,1-3H3,(H,12,16)(H,14,15). The highest BCUT2D eigenvalue weighted by Gasteiger charge is 2.20. The first kappa shape index (κ1) is 16.7. The Bertz CT molecular complexity index is 275. The molecule has 0 aliphatic carbocycles. The number of carboxylic acid groups (broad SMARTS) is 1. The zero-order valence-corrected chi connectivity index (χ0v) is 11.1. The van der Waals surface area contributed by atoms with Crippen LogP contribution in [0.2, 0.25) is 0 Å².